The van der Waals surface area contributed by atoms with Gasteiger partial charge >= 0.3 is 0 Å². The lowest BCUT2D eigenvalue weighted by Gasteiger charge is -2.39. The number of nitrogens with one attached hydrogen (secondary N) is 2. The second-order valence-corrected chi connectivity index (χ2v) is 19.7. The molecule has 2 atom stereocenters. The summed E-state index contributed by atoms with van der Waals surface area (Å²) in [7, 11) is -1.95. The van der Waals surface area contributed by atoms with Gasteiger partial charge in [-0.1, -0.05) is 27.7 Å². The largest absolute Gasteiger partial charge is 0.475 e. The number of fused-ring (bicyclic) bond motifs is 1. The van der Waals surface area contributed by atoms with Crippen LogP contribution in [-0.4, -0.2) is 66.6 Å². The Kier molecular flexibility index (Phi) is 8.40. The maximum atomic E-state index is 10.1. The van der Waals surface area contributed by atoms with Gasteiger partial charge in [0.15, 0.2) is 8.32 Å². The van der Waals surface area contributed by atoms with E-state index in [1.165, 1.54) is 32.2 Å². The van der Waals surface area contributed by atoms with Crippen LogP contribution < -0.4 is 15.4 Å². The number of anilines is 3. The molecule has 1 saturated carbocycles. The molecule has 1 aliphatic carbocycles. The van der Waals surface area contributed by atoms with Crippen LogP contribution in [0.3, 0.4) is 0 Å². The van der Waals surface area contributed by atoms with Crippen LogP contribution in [0.15, 0.2) is 36.7 Å². The van der Waals surface area contributed by atoms with E-state index in [-0.39, 0.29) is 10.5 Å². The van der Waals surface area contributed by atoms with E-state index in [1.54, 1.807) is 6.20 Å². The van der Waals surface area contributed by atoms with Crippen molar-refractivity contribution in [2.45, 2.75) is 95.9 Å². The van der Waals surface area contributed by atoms with Crippen molar-refractivity contribution >= 4 is 25.6 Å². The van der Waals surface area contributed by atoms with E-state index in [0.717, 1.165) is 39.8 Å². The Hall–Kier alpha value is -3.52. The molecule has 1 unspecified atom stereocenters. The third kappa shape index (κ3) is 6.57. The predicted molar refractivity (Wildman–Crippen MR) is 182 cm³/mol. The lowest BCUT2D eigenvalue weighted by Crippen LogP contribution is -2.45. The van der Waals surface area contributed by atoms with Gasteiger partial charge in [0.25, 0.3) is 0 Å². The average Bonchev–Trinajstić information content (AvgIpc) is 3.64. The van der Waals surface area contributed by atoms with Gasteiger partial charge in [0, 0.05) is 48.6 Å². The fourth-order valence-electron chi connectivity index (χ4n) is 6.17. The lowest BCUT2D eigenvalue weighted by molar-refractivity contribution is 0.163. The van der Waals surface area contributed by atoms with E-state index in [2.05, 4.69) is 78.4 Å². The Morgan fingerprint density at radius 1 is 1.18 bits per heavy atom. The maximum absolute atomic E-state index is 10.1. The number of hydrogen-bond donors (Lipinski definition) is 2. The van der Waals surface area contributed by atoms with Gasteiger partial charge in [0.1, 0.15) is 18.4 Å². The van der Waals surface area contributed by atoms with Crippen LogP contribution in [0.25, 0.3) is 11.3 Å². The summed E-state index contributed by atoms with van der Waals surface area (Å²) in [5.41, 5.74) is 5.70. The van der Waals surface area contributed by atoms with Gasteiger partial charge in [-0.15, -0.1) is 0 Å². The molecular formula is C35H47N7O2Si. The van der Waals surface area contributed by atoms with Gasteiger partial charge in [-0.3, -0.25) is 4.90 Å². The average molecular weight is 626 g/mol. The zero-order chi connectivity index (χ0) is 32.0. The number of aryl methyl sites for hydroxylation is 1. The van der Waals surface area contributed by atoms with Crippen molar-refractivity contribution in [2.75, 3.05) is 36.9 Å². The van der Waals surface area contributed by atoms with Crippen molar-refractivity contribution in [1.29, 1.82) is 5.26 Å². The Morgan fingerprint density at radius 3 is 2.71 bits per heavy atom. The summed E-state index contributed by atoms with van der Waals surface area (Å²) < 4.78 is 13.0. The molecule has 1 saturated heterocycles. The highest BCUT2D eigenvalue weighted by Crippen LogP contribution is 2.44. The molecule has 238 valence electrons. The second kappa shape index (κ2) is 12.0. The number of rotatable bonds is 10. The van der Waals surface area contributed by atoms with Gasteiger partial charge in [0.05, 0.1) is 16.9 Å². The Bertz CT molecular complexity index is 1610. The predicted octanol–water partition coefficient (Wildman–Crippen LogP) is 7.17. The quantitative estimate of drug-likeness (QED) is 0.227. The fraction of sp³-hybridized carbons (Fsp3) is 0.543. The number of benzene rings is 1. The summed E-state index contributed by atoms with van der Waals surface area (Å²) in [4.78, 5) is 16.6. The third-order valence-electron chi connectivity index (χ3n) is 10.2. The molecule has 2 fully saturated rings. The summed E-state index contributed by atoms with van der Waals surface area (Å²) in [6, 6.07) is 11.6. The Labute approximate surface area is 268 Å². The minimum absolute atomic E-state index is 0.118. The van der Waals surface area contributed by atoms with E-state index < -0.39 is 8.32 Å². The molecule has 0 bridgehead atoms. The fourth-order valence-corrected chi connectivity index (χ4v) is 7.28. The van der Waals surface area contributed by atoms with Crippen LogP contribution >= 0.6 is 0 Å². The van der Waals surface area contributed by atoms with Crippen LogP contribution in [0.1, 0.15) is 70.1 Å². The Balaban J connectivity index is 1.24. The van der Waals surface area contributed by atoms with Gasteiger partial charge in [-0.2, -0.15) is 5.26 Å². The number of hydrogen-bond acceptors (Lipinski definition) is 9. The van der Waals surface area contributed by atoms with E-state index in [0.29, 0.717) is 43.2 Å². The molecule has 2 N–H and O–H groups in total. The minimum atomic E-state index is -1.95. The molecule has 4 heterocycles. The molecule has 45 heavy (non-hydrogen) atoms. The molecule has 0 spiro atoms. The first-order chi connectivity index (χ1) is 21.4. The van der Waals surface area contributed by atoms with Crippen molar-refractivity contribution < 1.29 is 9.16 Å². The lowest BCUT2D eigenvalue weighted by atomic mass is 9.83. The van der Waals surface area contributed by atoms with Gasteiger partial charge < -0.3 is 19.8 Å². The zero-order valence-electron chi connectivity index (χ0n) is 27.8. The number of nitriles is 1. The molecule has 2 aliphatic heterocycles. The van der Waals surface area contributed by atoms with Crippen LogP contribution in [0.2, 0.25) is 18.1 Å². The van der Waals surface area contributed by atoms with Gasteiger partial charge in [-0.05, 0) is 92.7 Å². The summed E-state index contributed by atoms with van der Waals surface area (Å²) in [6.07, 6.45) is 8.59. The zero-order valence-corrected chi connectivity index (χ0v) is 28.8. The number of pyridine rings is 1. The third-order valence-corrected chi connectivity index (χ3v) is 14.6. The van der Waals surface area contributed by atoms with E-state index in [9.17, 15) is 5.26 Å². The molecule has 10 heteroatoms. The van der Waals surface area contributed by atoms with Gasteiger partial charge in [0.2, 0.25) is 11.8 Å². The van der Waals surface area contributed by atoms with Crippen molar-refractivity contribution in [3.63, 3.8) is 0 Å². The molecule has 9 nitrogen and oxygen atoms in total. The highest BCUT2D eigenvalue weighted by molar-refractivity contribution is 6.74. The molecule has 3 aromatic rings. The summed E-state index contributed by atoms with van der Waals surface area (Å²) in [5, 5.41) is 17.1. The smallest absolute Gasteiger partial charge is 0.237 e. The van der Waals surface area contributed by atoms with Crippen molar-refractivity contribution in [2.24, 2.45) is 0 Å². The highest BCUT2D eigenvalue weighted by Gasteiger charge is 2.42. The molecule has 2 aromatic heterocycles. The molecule has 0 amide bonds. The topological polar surface area (TPSA) is 108 Å². The standard InChI is InChI=1S/C35H47N7O2Si/c1-23-15-30(32(38-19-23)43-20-27-9-8-14-42(27)26-10-11-26)41-33-37-13-12-29(40-33)24-16-25(18-36)31-28(17-24)35(5,21-39-31)22-44-45(6,7)34(2,3)4/h12-13,15-17,19,26-27,39H,8-11,14,20-22H2,1-7H3,(H,37,40,41)/t27?,35-/m1/s1. The van der Waals surface area contributed by atoms with E-state index >= 15 is 0 Å². The monoisotopic (exact) mass is 625 g/mol. The first kappa shape index (κ1) is 31.5. The molecule has 3 aliphatic rings. The highest BCUT2D eigenvalue weighted by atomic mass is 28.4. The first-order valence-corrected chi connectivity index (χ1v) is 19.2. The first-order valence-electron chi connectivity index (χ1n) is 16.3. The maximum Gasteiger partial charge on any atom is 0.237 e. The molecule has 0 radical (unpaired) electrons. The normalized spacial score (nSPS) is 21.7. The number of nitrogens with zero attached hydrogens (tertiary/aromatic N) is 5. The molecule has 6 rings (SSSR count). The van der Waals surface area contributed by atoms with Crippen molar-refractivity contribution in [3.05, 3.63) is 53.3 Å². The number of likely N-dealkylation sites (tertiary alicyclic amines) is 1. The van der Waals surface area contributed by atoms with E-state index in [1.807, 2.05) is 31.3 Å². The Morgan fingerprint density at radius 2 is 1.98 bits per heavy atom. The van der Waals surface area contributed by atoms with Crippen LogP contribution in [0.4, 0.5) is 17.3 Å². The minimum Gasteiger partial charge on any atom is -0.475 e. The van der Waals surface area contributed by atoms with Crippen molar-refractivity contribution in [1.82, 2.24) is 19.9 Å². The van der Waals surface area contributed by atoms with Gasteiger partial charge in [-0.25, -0.2) is 15.0 Å². The van der Waals surface area contributed by atoms with Crippen molar-refractivity contribution in [3.8, 4) is 23.2 Å². The molecular weight excluding hydrogens is 579 g/mol. The van der Waals surface area contributed by atoms with E-state index in [4.69, 9.17) is 14.1 Å². The second-order valence-electron chi connectivity index (χ2n) is 14.9. The summed E-state index contributed by atoms with van der Waals surface area (Å²) >= 11 is 0. The molecule has 1 aromatic carbocycles. The number of aromatic nitrogens is 3. The van der Waals surface area contributed by atoms with Crippen LogP contribution in [0.5, 0.6) is 5.88 Å². The van der Waals surface area contributed by atoms with Crippen LogP contribution in [0, 0.1) is 18.3 Å². The van der Waals surface area contributed by atoms with Crippen LogP contribution in [-0.2, 0) is 9.84 Å². The SMILES string of the molecule is Cc1cnc(OCC2CCCN2C2CC2)c(Nc2nccc(-c3cc(C#N)c4c(c3)[C@@](C)(CO[Si](C)(C)C(C)(C)C)CN4)n2)c1. The summed E-state index contributed by atoms with van der Waals surface area (Å²) in [5.74, 6) is 1.01. The number of ether oxygens (including phenoxy) is 1. The summed E-state index contributed by atoms with van der Waals surface area (Å²) in [6.45, 7) is 18.7.